The van der Waals surface area contributed by atoms with E-state index in [9.17, 15) is 0 Å². The van der Waals surface area contributed by atoms with Crippen LogP contribution in [0.4, 0.5) is 0 Å². The van der Waals surface area contributed by atoms with E-state index in [4.69, 9.17) is 34.8 Å². The van der Waals surface area contributed by atoms with Crippen molar-refractivity contribution in [1.29, 1.82) is 0 Å². The third-order valence-electron chi connectivity index (χ3n) is 1.48. The van der Waals surface area contributed by atoms with Crippen molar-refractivity contribution in [3.8, 4) is 0 Å². The van der Waals surface area contributed by atoms with E-state index in [-0.39, 0.29) is 5.50 Å². The average Bonchev–Trinajstić information content (AvgIpc) is 2.03. The topological polar surface area (TPSA) is 3.24 Å². The molecule has 0 N–H and O–H groups in total. The van der Waals surface area contributed by atoms with Crippen LogP contribution < -0.4 is 0 Å². The lowest BCUT2D eigenvalue weighted by Gasteiger charge is -2.24. The van der Waals surface area contributed by atoms with Crippen LogP contribution in [0.25, 0.3) is 0 Å². The van der Waals surface area contributed by atoms with Gasteiger partial charge >= 0.3 is 0 Å². The van der Waals surface area contributed by atoms with Crippen LogP contribution in [0.5, 0.6) is 0 Å². The van der Waals surface area contributed by atoms with Crippen molar-refractivity contribution in [2.75, 3.05) is 24.8 Å². The molecule has 0 fully saturated rings. The molecule has 0 rings (SSSR count). The van der Waals surface area contributed by atoms with Crippen molar-refractivity contribution in [2.45, 2.75) is 18.8 Å². The van der Waals surface area contributed by atoms with Crippen molar-refractivity contribution in [3.05, 3.63) is 0 Å². The molecule has 0 aliphatic rings. The standard InChI is InChI=1S/C7H14Cl3N/c1-2-7(10)11(5-3-8)6-4-9/h7H,2-6H2,1H3. The first-order valence-electron chi connectivity index (χ1n) is 3.76. The highest BCUT2D eigenvalue weighted by atomic mass is 35.5. The fourth-order valence-electron chi connectivity index (χ4n) is 0.867. The molecule has 1 nitrogen and oxygen atoms in total. The van der Waals surface area contributed by atoms with Crippen LogP contribution in [-0.2, 0) is 0 Å². The predicted molar refractivity (Wildman–Crippen MR) is 52.9 cm³/mol. The first kappa shape index (κ1) is 11.8. The molecule has 0 aromatic rings. The minimum Gasteiger partial charge on any atom is -0.285 e. The van der Waals surface area contributed by atoms with Crippen LogP contribution in [0.2, 0.25) is 0 Å². The number of rotatable bonds is 6. The van der Waals surface area contributed by atoms with E-state index in [1.807, 2.05) is 6.92 Å². The van der Waals surface area contributed by atoms with Crippen molar-refractivity contribution in [2.24, 2.45) is 0 Å². The maximum atomic E-state index is 6.00. The van der Waals surface area contributed by atoms with Gasteiger partial charge in [0.25, 0.3) is 0 Å². The summed E-state index contributed by atoms with van der Waals surface area (Å²) in [6.07, 6.45) is 0.926. The monoisotopic (exact) mass is 217 g/mol. The van der Waals surface area contributed by atoms with Crippen molar-refractivity contribution in [3.63, 3.8) is 0 Å². The molecule has 0 saturated carbocycles. The van der Waals surface area contributed by atoms with Gasteiger partial charge in [-0.15, -0.1) is 34.8 Å². The summed E-state index contributed by atoms with van der Waals surface area (Å²) in [6.45, 7) is 3.68. The Morgan fingerprint density at radius 3 is 1.91 bits per heavy atom. The Morgan fingerprint density at radius 1 is 1.18 bits per heavy atom. The summed E-state index contributed by atoms with van der Waals surface area (Å²) in [5, 5.41) is 0. The normalized spacial score (nSPS) is 13.9. The molecule has 0 bridgehead atoms. The van der Waals surface area contributed by atoms with Crippen LogP contribution >= 0.6 is 34.8 Å². The van der Waals surface area contributed by atoms with E-state index in [2.05, 4.69) is 4.90 Å². The van der Waals surface area contributed by atoms with Gasteiger partial charge in [0.15, 0.2) is 0 Å². The molecule has 0 aliphatic carbocycles. The zero-order chi connectivity index (χ0) is 8.69. The summed E-state index contributed by atoms with van der Waals surface area (Å²) in [7, 11) is 0. The Kier molecular flexibility index (Phi) is 8.04. The first-order valence-corrected chi connectivity index (χ1v) is 5.26. The largest absolute Gasteiger partial charge is 0.285 e. The highest BCUT2D eigenvalue weighted by Crippen LogP contribution is 2.08. The SMILES string of the molecule is CCC(Cl)N(CCCl)CCCl. The fourth-order valence-corrected chi connectivity index (χ4v) is 1.50. The summed E-state index contributed by atoms with van der Waals surface area (Å²) >= 11 is 17.2. The van der Waals surface area contributed by atoms with Crippen LogP contribution in [0.15, 0.2) is 0 Å². The Labute approximate surface area is 83.6 Å². The van der Waals surface area contributed by atoms with Gasteiger partial charge in [0.05, 0.1) is 5.50 Å². The summed E-state index contributed by atoms with van der Waals surface area (Å²) in [5.41, 5.74) is 0.0764. The van der Waals surface area contributed by atoms with E-state index in [1.54, 1.807) is 0 Å². The Morgan fingerprint density at radius 2 is 1.64 bits per heavy atom. The predicted octanol–water partition coefficient (Wildman–Crippen LogP) is 2.74. The van der Waals surface area contributed by atoms with Crippen LogP contribution in [0, 0.1) is 0 Å². The molecule has 0 radical (unpaired) electrons. The molecule has 0 saturated heterocycles. The molecule has 0 aromatic heterocycles. The third-order valence-corrected chi connectivity index (χ3v) is 2.40. The summed E-state index contributed by atoms with van der Waals surface area (Å²) in [4.78, 5) is 2.08. The van der Waals surface area contributed by atoms with Gasteiger partial charge in [-0.1, -0.05) is 6.92 Å². The second kappa shape index (κ2) is 7.48. The number of alkyl halides is 3. The molecule has 0 heterocycles. The molecular weight excluding hydrogens is 204 g/mol. The zero-order valence-electron chi connectivity index (χ0n) is 6.69. The average molecular weight is 219 g/mol. The van der Waals surface area contributed by atoms with Gasteiger partial charge in [0, 0.05) is 24.8 Å². The summed E-state index contributed by atoms with van der Waals surface area (Å²) in [6, 6.07) is 0. The number of hydrogen-bond acceptors (Lipinski definition) is 1. The van der Waals surface area contributed by atoms with Gasteiger partial charge in [-0.2, -0.15) is 0 Å². The lowest BCUT2D eigenvalue weighted by molar-refractivity contribution is 0.277. The highest BCUT2D eigenvalue weighted by Gasteiger charge is 2.11. The molecule has 68 valence electrons. The number of hydrogen-bond donors (Lipinski definition) is 0. The van der Waals surface area contributed by atoms with E-state index < -0.39 is 0 Å². The van der Waals surface area contributed by atoms with Gasteiger partial charge in [-0.05, 0) is 6.42 Å². The highest BCUT2D eigenvalue weighted by molar-refractivity contribution is 6.20. The van der Waals surface area contributed by atoms with Gasteiger partial charge in [-0.3, -0.25) is 4.90 Å². The fraction of sp³-hybridized carbons (Fsp3) is 1.00. The third kappa shape index (κ3) is 5.13. The molecule has 0 amide bonds. The molecule has 11 heavy (non-hydrogen) atoms. The maximum Gasteiger partial charge on any atom is 0.0848 e. The van der Waals surface area contributed by atoms with E-state index in [0.29, 0.717) is 11.8 Å². The lowest BCUT2D eigenvalue weighted by atomic mass is 10.4. The Hall–Kier alpha value is 0.830. The minimum atomic E-state index is 0.0764. The van der Waals surface area contributed by atoms with E-state index >= 15 is 0 Å². The lowest BCUT2D eigenvalue weighted by Crippen LogP contribution is -2.34. The molecular formula is C7H14Cl3N. The molecule has 1 atom stereocenters. The number of halogens is 3. The zero-order valence-corrected chi connectivity index (χ0v) is 8.96. The second-order valence-electron chi connectivity index (χ2n) is 2.26. The van der Waals surface area contributed by atoms with Crippen LogP contribution in [0.3, 0.4) is 0 Å². The smallest absolute Gasteiger partial charge is 0.0848 e. The summed E-state index contributed by atoms with van der Waals surface area (Å²) in [5.74, 6) is 1.22. The number of nitrogens with zero attached hydrogens (tertiary/aromatic N) is 1. The van der Waals surface area contributed by atoms with Crippen molar-refractivity contribution >= 4 is 34.8 Å². The van der Waals surface area contributed by atoms with Crippen LogP contribution in [-0.4, -0.2) is 35.3 Å². The molecule has 4 heteroatoms. The van der Waals surface area contributed by atoms with Gasteiger partial charge in [0.2, 0.25) is 0 Å². The van der Waals surface area contributed by atoms with E-state index in [0.717, 1.165) is 19.5 Å². The van der Waals surface area contributed by atoms with Crippen molar-refractivity contribution < 1.29 is 0 Å². The molecule has 0 aliphatic heterocycles. The van der Waals surface area contributed by atoms with Crippen LogP contribution in [0.1, 0.15) is 13.3 Å². The summed E-state index contributed by atoms with van der Waals surface area (Å²) < 4.78 is 0. The Bertz CT molecular complexity index is 83.8. The quantitative estimate of drug-likeness (QED) is 0.489. The molecule has 0 spiro atoms. The van der Waals surface area contributed by atoms with Gasteiger partial charge < -0.3 is 0 Å². The maximum absolute atomic E-state index is 6.00. The van der Waals surface area contributed by atoms with Gasteiger partial charge in [-0.25, -0.2) is 0 Å². The Balaban J connectivity index is 3.66. The van der Waals surface area contributed by atoms with Crippen molar-refractivity contribution in [1.82, 2.24) is 4.90 Å². The van der Waals surface area contributed by atoms with Gasteiger partial charge in [0.1, 0.15) is 0 Å². The second-order valence-corrected chi connectivity index (χ2v) is 3.52. The first-order chi connectivity index (χ1) is 5.26. The minimum absolute atomic E-state index is 0.0764. The van der Waals surface area contributed by atoms with E-state index in [1.165, 1.54) is 0 Å². The molecule has 0 aromatic carbocycles. The molecule has 1 unspecified atom stereocenters.